The molecule has 0 fully saturated rings. The van der Waals surface area contributed by atoms with Gasteiger partial charge in [-0.25, -0.2) is 0 Å². The number of nitrogens with zero attached hydrogens (tertiary/aromatic N) is 2. The zero-order valence-corrected chi connectivity index (χ0v) is 16.8. The van der Waals surface area contributed by atoms with E-state index in [-0.39, 0.29) is 17.5 Å². The molecule has 6 nitrogen and oxygen atoms in total. The van der Waals surface area contributed by atoms with E-state index < -0.39 is 0 Å². The first-order valence-corrected chi connectivity index (χ1v) is 9.62. The summed E-state index contributed by atoms with van der Waals surface area (Å²) in [7, 11) is 0. The van der Waals surface area contributed by atoms with Crippen LogP contribution in [0, 0.1) is 4.77 Å². The molecule has 0 saturated carbocycles. The van der Waals surface area contributed by atoms with E-state index in [0.29, 0.717) is 27.8 Å². The summed E-state index contributed by atoms with van der Waals surface area (Å²) in [5.74, 6) is -0.147. The molecule has 1 amide bonds. The second kappa shape index (κ2) is 9.09. The lowest BCUT2D eigenvalue weighted by Gasteiger charge is -2.18. The molecule has 0 saturated heterocycles. The first-order valence-electron chi connectivity index (χ1n) is 9.21. The first-order chi connectivity index (χ1) is 12.4. The number of likely N-dealkylation sites (N-methyl/N-ethyl adjacent to an activating group) is 1. The van der Waals surface area contributed by atoms with E-state index in [2.05, 4.69) is 29.0 Å². The average molecular weight is 377 g/mol. The van der Waals surface area contributed by atoms with Gasteiger partial charge in [0.2, 0.25) is 0 Å². The molecule has 0 radical (unpaired) electrons. The van der Waals surface area contributed by atoms with E-state index in [1.807, 2.05) is 13.8 Å². The van der Waals surface area contributed by atoms with Gasteiger partial charge in [0.1, 0.15) is 0 Å². The van der Waals surface area contributed by atoms with E-state index in [4.69, 9.17) is 12.2 Å². The Morgan fingerprint density at radius 3 is 2.62 bits per heavy atom. The first kappa shape index (κ1) is 20.3. The molecule has 2 rings (SSSR count). The minimum absolute atomic E-state index is 0.102. The SMILES string of the molecule is CC[C@H](C)NC(=O)c1ccc2c(=O)n(CCN(CC)CC)c(=S)[nH]c2c1. The van der Waals surface area contributed by atoms with Gasteiger partial charge in [-0.1, -0.05) is 20.8 Å². The van der Waals surface area contributed by atoms with Crippen molar-refractivity contribution in [2.75, 3.05) is 19.6 Å². The van der Waals surface area contributed by atoms with Crippen LogP contribution in [0.3, 0.4) is 0 Å². The second-order valence-electron chi connectivity index (χ2n) is 6.46. The highest BCUT2D eigenvalue weighted by Crippen LogP contribution is 2.11. The van der Waals surface area contributed by atoms with Gasteiger partial charge >= 0.3 is 0 Å². The highest BCUT2D eigenvalue weighted by molar-refractivity contribution is 7.71. The van der Waals surface area contributed by atoms with Crippen molar-refractivity contribution in [3.05, 3.63) is 38.9 Å². The summed E-state index contributed by atoms with van der Waals surface area (Å²) in [5.41, 5.74) is 0.990. The molecule has 142 valence electrons. The summed E-state index contributed by atoms with van der Waals surface area (Å²) in [6.07, 6.45) is 0.860. The molecule has 0 spiro atoms. The monoisotopic (exact) mass is 376 g/mol. The van der Waals surface area contributed by atoms with Gasteiger partial charge in [-0.15, -0.1) is 0 Å². The lowest BCUT2D eigenvalue weighted by atomic mass is 10.1. The molecule has 1 heterocycles. The van der Waals surface area contributed by atoms with Crippen molar-refractivity contribution in [2.24, 2.45) is 0 Å². The zero-order chi connectivity index (χ0) is 19.3. The average Bonchev–Trinajstić information content (AvgIpc) is 2.63. The number of hydrogen-bond donors (Lipinski definition) is 2. The normalized spacial score (nSPS) is 12.5. The zero-order valence-electron chi connectivity index (χ0n) is 16.0. The van der Waals surface area contributed by atoms with E-state index in [9.17, 15) is 9.59 Å². The van der Waals surface area contributed by atoms with Crippen molar-refractivity contribution in [3.63, 3.8) is 0 Å². The summed E-state index contributed by atoms with van der Waals surface area (Å²) in [6.45, 7) is 11.4. The van der Waals surface area contributed by atoms with Crippen LogP contribution in [0.25, 0.3) is 10.9 Å². The fraction of sp³-hybridized carbons (Fsp3) is 0.526. The number of fused-ring (bicyclic) bond motifs is 1. The molecule has 1 aromatic heterocycles. The maximum atomic E-state index is 12.8. The van der Waals surface area contributed by atoms with Crippen LogP contribution < -0.4 is 10.9 Å². The molecule has 7 heteroatoms. The molecule has 2 N–H and O–H groups in total. The molecule has 0 bridgehead atoms. The fourth-order valence-electron chi connectivity index (χ4n) is 2.79. The van der Waals surface area contributed by atoms with Crippen molar-refractivity contribution < 1.29 is 4.79 Å². The van der Waals surface area contributed by atoms with Crippen LogP contribution in [0.2, 0.25) is 0 Å². The van der Waals surface area contributed by atoms with Gasteiger partial charge in [-0.2, -0.15) is 0 Å². The van der Waals surface area contributed by atoms with E-state index in [0.717, 1.165) is 26.1 Å². The lowest BCUT2D eigenvalue weighted by Crippen LogP contribution is -2.32. The Morgan fingerprint density at radius 1 is 1.31 bits per heavy atom. The smallest absolute Gasteiger partial charge is 0.262 e. The Kier molecular flexibility index (Phi) is 7.11. The van der Waals surface area contributed by atoms with Crippen LogP contribution in [-0.2, 0) is 6.54 Å². The number of aromatic nitrogens is 2. The third-order valence-corrected chi connectivity index (χ3v) is 5.09. The van der Waals surface area contributed by atoms with E-state index in [1.54, 1.807) is 22.8 Å². The van der Waals surface area contributed by atoms with Gasteiger partial charge in [0.05, 0.1) is 10.9 Å². The fourth-order valence-corrected chi connectivity index (χ4v) is 3.07. The van der Waals surface area contributed by atoms with Crippen molar-refractivity contribution in [1.29, 1.82) is 0 Å². The topological polar surface area (TPSA) is 70.1 Å². The molecule has 2 aromatic rings. The predicted octanol–water partition coefficient (Wildman–Crippen LogP) is 2.93. The minimum Gasteiger partial charge on any atom is -0.350 e. The molecular weight excluding hydrogens is 348 g/mol. The lowest BCUT2D eigenvalue weighted by molar-refractivity contribution is 0.0939. The number of rotatable bonds is 8. The van der Waals surface area contributed by atoms with Crippen LogP contribution in [0.4, 0.5) is 0 Å². The van der Waals surface area contributed by atoms with Gasteiger partial charge in [0.15, 0.2) is 4.77 Å². The minimum atomic E-state index is -0.147. The molecule has 0 aliphatic heterocycles. The molecule has 26 heavy (non-hydrogen) atoms. The van der Waals surface area contributed by atoms with Gasteiger partial charge in [-0.05, 0) is 56.9 Å². The molecule has 0 aliphatic carbocycles. The number of benzene rings is 1. The largest absolute Gasteiger partial charge is 0.350 e. The van der Waals surface area contributed by atoms with Gasteiger partial charge in [0, 0.05) is 24.7 Å². The van der Waals surface area contributed by atoms with Crippen LogP contribution >= 0.6 is 12.2 Å². The quantitative estimate of drug-likeness (QED) is 0.695. The third kappa shape index (κ3) is 4.59. The van der Waals surface area contributed by atoms with Crippen molar-refractivity contribution in [1.82, 2.24) is 19.8 Å². The number of carbonyl (C=O) groups is 1. The summed E-state index contributed by atoms with van der Waals surface area (Å²) in [5, 5.41) is 3.47. The van der Waals surface area contributed by atoms with Gasteiger partial charge < -0.3 is 15.2 Å². The standard InChI is InChI=1S/C19H28N4O2S/c1-5-13(4)20-17(24)14-8-9-15-16(12-14)21-19(26)23(18(15)25)11-10-22(6-2)7-3/h8-9,12-13H,5-7,10-11H2,1-4H3,(H,20,24)(H,21,26)/t13-/m0/s1. The molecule has 1 aromatic carbocycles. The number of nitrogens with one attached hydrogen (secondary N) is 2. The molecule has 0 aliphatic rings. The Bertz CT molecular complexity index is 883. The number of aromatic amines is 1. The van der Waals surface area contributed by atoms with Gasteiger partial charge in [-0.3, -0.25) is 14.2 Å². The number of hydrogen-bond acceptors (Lipinski definition) is 4. The van der Waals surface area contributed by atoms with Crippen LogP contribution in [0.5, 0.6) is 0 Å². The van der Waals surface area contributed by atoms with Crippen molar-refractivity contribution >= 4 is 29.0 Å². The summed E-state index contributed by atoms with van der Waals surface area (Å²) >= 11 is 5.38. The second-order valence-corrected chi connectivity index (χ2v) is 6.84. The Morgan fingerprint density at radius 2 is 2.00 bits per heavy atom. The molecular formula is C19H28N4O2S. The maximum Gasteiger partial charge on any atom is 0.262 e. The number of H-pyrrole nitrogens is 1. The Hall–Kier alpha value is -1.99. The van der Waals surface area contributed by atoms with E-state index >= 15 is 0 Å². The van der Waals surface area contributed by atoms with Crippen LogP contribution in [-0.4, -0.2) is 46.0 Å². The number of carbonyl (C=O) groups excluding carboxylic acids is 1. The van der Waals surface area contributed by atoms with Crippen LogP contribution in [0.1, 0.15) is 44.5 Å². The summed E-state index contributed by atoms with van der Waals surface area (Å²) in [4.78, 5) is 30.4. The van der Waals surface area contributed by atoms with E-state index in [1.165, 1.54) is 0 Å². The molecule has 0 unspecified atom stereocenters. The Labute approximate surface area is 159 Å². The highest BCUT2D eigenvalue weighted by Gasteiger charge is 2.12. The highest BCUT2D eigenvalue weighted by atomic mass is 32.1. The summed E-state index contributed by atoms with van der Waals surface area (Å²) < 4.78 is 1.98. The molecule has 1 atom stereocenters. The van der Waals surface area contributed by atoms with Crippen LogP contribution in [0.15, 0.2) is 23.0 Å². The number of amides is 1. The summed E-state index contributed by atoms with van der Waals surface area (Å²) in [6, 6.07) is 5.18. The third-order valence-electron chi connectivity index (χ3n) is 4.77. The maximum absolute atomic E-state index is 12.8. The Balaban J connectivity index is 2.35. The van der Waals surface area contributed by atoms with Gasteiger partial charge in [0.25, 0.3) is 11.5 Å². The van der Waals surface area contributed by atoms with Crippen molar-refractivity contribution in [2.45, 2.75) is 46.7 Å². The predicted molar refractivity (Wildman–Crippen MR) is 108 cm³/mol. The van der Waals surface area contributed by atoms with Crippen molar-refractivity contribution in [3.8, 4) is 0 Å².